The topological polar surface area (TPSA) is 123 Å². The summed E-state index contributed by atoms with van der Waals surface area (Å²) in [6.45, 7) is 0.0280. The normalized spacial score (nSPS) is 17.9. The fraction of sp³-hybridized carbons (Fsp3) is 0.364. The highest BCUT2D eigenvalue weighted by Crippen LogP contribution is 2.25. The molecule has 0 saturated heterocycles. The molecular formula is C22H24ClFN4O4. The van der Waals surface area contributed by atoms with Crippen LogP contribution >= 0.6 is 11.6 Å². The van der Waals surface area contributed by atoms with Crippen LogP contribution in [0.1, 0.15) is 41.7 Å². The smallest absolute Gasteiger partial charge is 0.258 e. The molecule has 4 N–H and O–H groups in total. The first-order valence-electron chi connectivity index (χ1n) is 10.2. The molecule has 0 unspecified atom stereocenters. The van der Waals surface area contributed by atoms with E-state index in [0.717, 1.165) is 6.07 Å². The molecule has 8 nitrogen and oxygen atoms in total. The number of amides is 3. The zero-order chi connectivity index (χ0) is 23.1. The molecule has 0 aliphatic heterocycles. The molecule has 0 radical (unpaired) electrons. The Bertz CT molecular complexity index is 978. The monoisotopic (exact) mass is 462 g/mol. The van der Waals surface area contributed by atoms with Crippen LogP contribution in [-0.2, 0) is 16.1 Å². The molecular weight excluding hydrogens is 439 g/mol. The van der Waals surface area contributed by atoms with E-state index < -0.39 is 11.7 Å². The second-order valence-corrected chi connectivity index (χ2v) is 8.01. The SMILES string of the molecule is NC(=O)c1ccc(CNC(=O)C2CCC(NC(=O)COc3ccc(Cl)c(F)c3)CC2)nc1. The predicted octanol–water partition coefficient (Wildman–Crippen LogP) is 2.34. The maximum Gasteiger partial charge on any atom is 0.258 e. The van der Waals surface area contributed by atoms with E-state index in [9.17, 15) is 18.8 Å². The van der Waals surface area contributed by atoms with E-state index in [2.05, 4.69) is 15.6 Å². The van der Waals surface area contributed by atoms with Crippen molar-refractivity contribution in [3.8, 4) is 5.75 Å². The van der Waals surface area contributed by atoms with Gasteiger partial charge in [-0.2, -0.15) is 0 Å². The minimum absolute atomic E-state index is 0.0140. The summed E-state index contributed by atoms with van der Waals surface area (Å²) in [5.74, 6) is -1.45. The third kappa shape index (κ3) is 6.65. The number of nitrogens with two attached hydrogens (primary N) is 1. The number of primary amides is 1. The fourth-order valence-electron chi connectivity index (χ4n) is 3.48. The van der Waals surface area contributed by atoms with Crippen molar-refractivity contribution < 1.29 is 23.5 Å². The summed E-state index contributed by atoms with van der Waals surface area (Å²) < 4.78 is 18.7. The van der Waals surface area contributed by atoms with Crippen molar-refractivity contribution in [2.24, 2.45) is 11.7 Å². The van der Waals surface area contributed by atoms with Crippen molar-refractivity contribution in [1.82, 2.24) is 15.6 Å². The van der Waals surface area contributed by atoms with Crippen molar-refractivity contribution in [2.75, 3.05) is 6.61 Å². The van der Waals surface area contributed by atoms with Crippen molar-refractivity contribution in [1.29, 1.82) is 0 Å². The summed E-state index contributed by atoms with van der Waals surface area (Å²) in [5.41, 5.74) is 6.12. The Hall–Kier alpha value is -3.20. The lowest BCUT2D eigenvalue weighted by Crippen LogP contribution is -2.42. The van der Waals surface area contributed by atoms with Gasteiger partial charge in [-0.15, -0.1) is 0 Å². The summed E-state index contributed by atoms with van der Waals surface area (Å²) >= 11 is 5.62. The van der Waals surface area contributed by atoms with Crippen molar-refractivity contribution in [2.45, 2.75) is 38.3 Å². The van der Waals surface area contributed by atoms with E-state index in [1.165, 1.54) is 18.3 Å². The van der Waals surface area contributed by atoms with Gasteiger partial charge in [-0.25, -0.2) is 4.39 Å². The van der Waals surface area contributed by atoms with Gasteiger partial charge in [0.2, 0.25) is 11.8 Å². The first kappa shape index (κ1) is 23.5. The molecule has 1 aromatic carbocycles. The van der Waals surface area contributed by atoms with Crippen LogP contribution in [0.25, 0.3) is 0 Å². The Morgan fingerprint density at radius 3 is 2.53 bits per heavy atom. The Labute approximate surface area is 189 Å². The number of hydrogen-bond donors (Lipinski definition) is 3. The van der Waals surface area contributed by atoms with Crippen LogP contribution in [0.4, 0.5) is 4.39 Å². The van der Waals surface area contributed by atoms with Crippen LogP contribution in [-0.4, -0.2) is 35.4 Å². The van der Waals surface area contributed by atoms with Gasteiger partial charge in [-0.3, -0.25) is 19.4 Å². The molecule has 2 aromatic rings. The number of aromatic nitrogens is 1. The number of halogens is 2. The lowest BCUT2D eigenvalue weighted by molar-refractivity contribution is -0.126. The second-order valence-electron chi connectivity index (χ2n) is 7.60. The number of pyridine rings is 1. The zero-order valence-electron chi connectivity index (χ0n) is 17.3. The Kier molecular flexibility index (Phi) is 7.99. The minimum atomic E-state index is -0.611. The number of nitrogens with one attached hydrogen (secondary N) is 2. The molecule has 1 heterocycles. The van der Waals surface area contributed by atoms with Crippen molar-refractivity contribution in [3.63, 3.8) is 0 Å². The van der Waals surface area contributed by atoms with E-state index in [0.29, 0.717) is 36.9 Å². The van der Waals surface area contributed by atoms with Crippen LogP contribution in [0.5, 0.6) is 5.75 Å². The van der Waals surface area contributed by atoms with E-state index in [-0.39, 0.29) is 47.7 Å². The molecule has 1 fully saturated rings. The first-order valence-corrected chi connectivity index (χ1v) is 10.6. The van der Waals surface area contributed by atoms with E-state index in [1.54, 1.807) is 12.1 Å². The third-order valence-corrected chi connectivity index (χ3v) is 5.58. The Balaban J connectivity index is 1.36. The standard InChI is InChI=1S/C22H24ClFN4O4/c23-18-8-7-17(9-19(18)24)32-12-20(29)28-15-4-1-13(2-5-15)22(31)27-11-16-6-3-14(10-26-16)21(25)30/h3,6-10,13,15H,1-2,4-5,11-12H2,(H2,25,30)(H,27,31)(H,28,29). The summed E-state index contributed by atoms with van der Waals surface area (Å²) in [5, 5.41) is 5.72. The van der Waals surface area contributed by atoms with E-state index in [1.807, 2.05) is 0 Å². The highest BCUT2D eigenvalue weighted by Gasteiger charge is 2.27. The van der Waals surface area contributed by atoms with Crippen LogP contribution < -0.4 is 21.1 Å². The molecule has 32 heavy (non-hydrogen) atoms. The molecule has 3 rings (SSSR count). The van der Waals surface area contributed by atoms with Crippen molar-refractivity contribution >= 4 is 29.3 Å². The number of carbonyl (C=O) groups is 3. The summed E-state index contributed by atoms with van der Waals surface area (Å²) in [4.78, 5) is 39.7. The van der Waals surface area contributed by atoms with E-state index >= 15 is 0 Å². The van der Waals surface area contributed by atoms with Gasteiger partial charge in [-0.1, -0.05) is 11.6 Å². The van der Waals surface area contributed by atoms with Crippen LogP contribution in [0, 0.1) is 11.7 Å². The lowest BCUT2D eigenvalue weighted by Gasteiger charge is -2.28. The van der Waals surface area contributed by atoms with Crippen molar-refractivity contribution in [3.05, 3.63) is 58.6 Å². The van der Waals surface area contributed by atoms with Gasteiger partial charge in [0.1, 0.15) is 11.6 Å². The van der Waals surface area contributed by atoms with Gasteiger partial charge in [0.15, 0.2) is 6.61 Å². The largest absolute Gasteiger partial charge is 0.484 e. The van der Waals surface area contributed by atoms with Crippen LogP contribution in [0.2, 0.25) is 5.02 Å². The summed E-state index contributed by atoms with van der Waals surface area (Å²) in [6, 6.07) is 7.15. The molecule has 1 aliphatic carbocycles. The molecule has 10 heteroatoms. The number of hydrogen-bond acceptors (Lipinski definition) is 5. The van der Waals surface area contributed by atoms with Gasteiger partial charge in [0.05, 0.1) is 22.8 Å². The predicted molar refractivity (Wildman–Crippen MR) is 115 cm³/mol. The zero-order valence-corrected chi connectivity index (χ0v) is 18.0. The average Bonchev–Trinajstić information content (AvgIpc) is 2.79. The highest BCUT2D eigenvalue weighted by atomic mass is 35.5. The summed E-state index contributed by atoms with van der Waals surface area (Å²) in [6.07, 6.45) is 4.02. The molecule has 170 valence electrons. The quantitative estimate of drug-likeness (QED) is 0.555. The van der Waals surface area contributed by atoms with Gasteiger partial charge in [-0.05, 0) is 49.9 Å². The Morgan fingerprint density at radius 2 is 1.91 bits per heavy atom. The number of carbonyl (C=O) groups excluding carboxylic acids is 3. The first-order chi connectivity index (χ1) is 15.3. The molecule has 0 spiro atoms. The second kappa shape index (κ2) is 10.9. The maximum atomic E-state index is 13.4. The molecule has 3 amide bonds. The third-order valence-electron chi connectivity index (χ3n) is 5.28. The van der Waals surface area contributed by atoms with E-state index in [4.69, 9.17) is 22.1 Å². The van der Waals surface area contributed by atoms with Crippen LogP contribution in [0.15, 0.2) is 36.5 Å². The van der Waals surface area contributed by atoms with Gasteiger partial charge in [0.25, 0.3) is 5.91 Å². The fourth-order valence-corrected chi connectivity index (χ4v) is 3.60. The van der Waals surface area contributed by atoms with Gasteiger partial charge >= 0.3 is 0 Å². The average molecular weight is 463 g/mol. The number of nitrogens with zero attached hydrogens (tertiary/aromatic N) is 1. The number of ether oxygens (including phenoxy) is 1. The molecule has 1 aliphatic rings. The highest BCUT2D eigenvalue weighted by molar-refractivity contribution is 6.30. The van der Waals surface area contributed by atoms with Crippen LogP contribution in [0.3, 0.4) is 0 Å². The molecule has 0 atom stereocenters. The molecule has 0 bridgehead atoms. The number of rotatable bonds is 8. The maximum absolute atomic E-state index is 13.4. The number of benzene rings is 1. The lowest BCUT2D eigenvalue weighted by atomic mass is 9.85. The Morgan fingerprint density at radius 1 is 1.16 bits per heavy atom. The van der Waals surface area contributed by atoms with Gasteiger partial charge in [0, 0.05) is 24.2 Å². The molecule has 1 aromatic heterocycles. The molecule has 1 saturated carbocycles. The summed E-state index contributed by atoms with van der Waals surface area (Å²) in [7, 11) is 0. The van der Waals surface area contributed by atoms with Gasteiger partial charge < -0.3 is 21.1 Å². The minimum Gasteiger partial charge on any atom is -0.484 e.